The van der Waals surface area contributed by atoms with E-state index in [2.05, 4.69) is 6.08 Å². The summed E-state index contributed by atoms with van der Waals surface area (Å²) in [7, 11) is 0. The molecule has 0 saturated heterocycles. The second kappa shape index (κ2) is 2.68. The molecule has 0 spiro atoms. The lowest BCUT2D eigenvalue weighted by atomic mass is 9.79. The van der Waals surface area contributed by atoms with Crippen molar-refractivity contribution in [3.8, 4) is 0 Å². The van der Waals surface area contributed by atoms with Gasteiger partial charge in [-0.1, -0.05) is 12.2 Å². The smallest absolute Gasteiger partial charge is 0.309 e. The van der Waals surface area contributed by atoms with E-state index in [9.17, 15) is 4.79 Å². The van der Waals surface area contributed by atoms with Crippen LogP contribution in [0.2, 0.25) is 0 Å². The molecule has 1 aliphatic rings. The summed E-state index contributed by atoms with van der Waals surface area (Å²) in [6.45, 7) is 3.57. The van der Waals surface area contributed by atoms with Crippen LogP contribution >= 0.6 is 0 Å². The fourth-order valence-electron chi connectivity index (χ4n) is 1.39. The Morgan fingerprint density at radius 2 is 2.27 bits per heavy atom. The van der Waals surface area contributed by atoms with E-state index in [1.54, 1.807) is 13.8 Å². The molecule has 0 fully saturated rings. The molecule has 0 radical (unpaired) electrons. The first kappa shape index (κ1) is 8.31. The maximum Gasteiger partial charge on any atom is 0.309 e. The lowest BCUT2D eigenvalue weighted by molar-refractivity contribution is -0.149. The van der Waals surface area contributed by atoms with Gasteiger partial charge in [0.1, 0.15) is 0 Å². The third kappa shape index (κ3) is 1.44. The summed E-state index contributed by atoms with van der Waals surface area (Å²) in [5.74, 6) is -0.478. The SMILES string of the molecule is CC(C)(C(=O)O)C1C=CCC1. The van der Waals surface area contributed by atoms with Crippen molar-refractivity contribution in [2.24, 2.45) is 11.3 Å². The molecular weight excluding hydrogens is 140 g/mol. The van der Waals surface area contributed by atoms with Crippen LogP contribution in [0.15, 0.2) is 12.2 Å². The maximum absolute atomic E-state index is 10.8. The summed E-state index contributed by atoms with van der Waals surface area (Å²) < 4.78 is 0. The summed E-state index contributed by atoms with van der Waals surface area (Å²) in [5.41, 5.74) is -0.590. The molecule has 0 bridgehead atoms. The van der Waals surface area contributed by atoms with E-state index in [1.807, 2.05) is 6.08 Å². The average molecular weight is 154 g/mol. The van der Waals surface area contributed by atoms with Crippen molar-refractivity contribution in [3.05, 3.63) is 12.2 Å². The van der Waals surface area contributed by atoms with Crippen LogP contribution in [0.5, 0.6) is 0 Å². The molecule has 0 aliphatic heterocycles. The minimum Gasteiger partial charge on any atom is -0.481 e. The van der Waals surface area contributed by atoms with Crippen LogP contribution < -0.4 is 0 Å². The van der Waals surface area contributed by atoms with Gasteiger partial charge in [-0.2, -0.15) is 0 Å². The second-order valence-electron chi connectivity index (χ2n) is 3.64. The lowest BCUT2D eigenvalue weighted by Gasteiger charge is -2.25. The van der Waals surface area contributed by atoms with Gasteiger partial charge in [-0.25, -0.2) is 0 Å². The summed E-state index contributed by atoms with van der Waals surface area (Å²) in [5, 5.41) is 8.87. The van der Waals surface area contributed by atoms with Gasteiger partial charge in [0, 0.05) is 0 Å². The van der Waals surface area contributed by atoms with Gasteiger partial charge in [0.25, 0.3) is 0 Å². The molecule has 1 rings (SSSR count). The monoisotopic (exact) mass is 154 g/mol. The average Bonchev–Trinajstić information content (AvgIpc) is 2.37. The van der Waals surface area contributed by atoms with Crippen LogP contribution in [-0.4, -0.2) is 11.1 Å². The highest BCUT2D eigenvalue weighted by Crippen LogP contribution is 2.35. The van der Waals surface area contributed by atoms with E-state index >= 15 is 0 Å². The van der Waals surface area contributed by atoms with Crippen LogP contribution in [0.3, 0.4) is 0 Å². The van der Waals surface area contributed by atoms with Crippen molar-refractivity contribution in [1.29, 1.82) is 0 Å². The third-order valence-corrected chi connectivity index (χ3v) is 2.49. The molecule has 1 aliphatic carbocycles. The summed E-state index contributed by atoms with van der Waals surface area (Å²) in [6, 6.07) is 0. The Morgan fingerprint density at radius 3 is 2.64 bits per heavy atom. The predicted octanol–water partition coefficient (Wildman–Crippen LogP) is 2.06. The van der Waals surface area contributed by atoms with E-state index in [0.29, 0.717) is 0 Å². The molecular formula is C9H14O2. The lowest BCUT2D eigenvalue weighted by Crippen LogP contribution is -2.30. The number of rotatable bonds is 2. The Bertz CT molecular complexity index is 192. The highest BCUT2D eigenvalue weighted by atomic mass is 16.4. The number of carboxylic acids is 1. The number of carbonyl (C=O) groups is 1. The number of aliphatic carboxylic acids is 1. The van der Waals surface area contributed by atoms with E-state index in [1.165, 1.54) is 0 Å². The summed E-state index contributed by atoms with van der Waals surface area (Å²) in [4.78, 5) is 10.8. The van der Waals surface area contributed by atoms with E-state index in [0.717, 1.165) is 12.8 Å². The number of carboxylic acid groups (broad SMARTS) is 1. The Morgan fingerprint density at radius 1 is 1.64 bits per heavy atom. The van der Waals surface area contributed by atoms with Crippen LogP contribution in [0.1, 0.15) is 26.7 Å². The molecule has 2 heteroatoms. The molecule has 0 heterocycles. The quantitative estimate of drug-likeness (QED) is 0.618. The number of hydrogen-bond donors (Lipinski definition) is 1. The van der Waals surface area contributed by atoms with Crippen LogP contribution in [0.25, 0.3) is 0 Å². The van der Waals surface area contributed by atoms with Crippen molar-refractivity contribution < 1.29 is 9.90 Å². The highest BCUT2D eigenvalue weighted by molar-refractivity contribution is 5.74. The Balaban J connectivity index is 2.71. The zero-order valence-corrected chi connectivity index (χ0v) is 7.00. The molecule has 0 aromatic heterocycles. The van der Waals surface area contributed by atoms with Crippen molar-refractivity contribution in [2.75, 3.05) is 0 Å². The highest BCUT2D eigenvalue weighted by Gasteiger charge is 2.35. The van der Waals surface area contributed by atoms with Gasteiger partial charge in [-0.3, -0.25) is 4.79 Å². The first-order valence-electron chi connectivity index (χ1n) is 3.95. The van der Waals surface area contributed by atoms with Crippen molar-refractivity contribution >= 4 is 5.97 Å². The van der Waals surface area contributed by atoms with Gasteiger partial charge in [-0.15, -0.1) is 0 Å². The third-order valence-electron chi connectivity index (χ3n) is 2.49. The van der Waals surface area contributed by atoms with Gasteiger partial charge in [0.15, 0.2) is 0 Å². The normalized spacial score (nSPS) is 24.0. The van der Waals surface area contributed by atoms with E-state index in [4.69, 9.17) is 5.11 Å². The van der Waals surface area contributed by atoms with Crippen LogP contribution in [0.4, 0.5) is 0 Å². The van der Waals surface area contributed by atoms with E-state index < -0.39 is 11.4 Å². The maximum atomic E-state index is 10.8. The first-order chi connectivity index (χ1) is 5.05. The Labute approximate surface area is 66.9 Å². The largest absolute Gasteiger partial charge is 0.481 e. The molecule has 2 nitrogen and oxygen atoms in total. The number of allylic oxidation sites excluding steroid dienone is 2. The van der Waals surface area contributed by atoms with Crippen LogP contribution in [0, 0.1) is 11.3 Å². The minimum atomic E-state index is -0.700. The molecule has 0 saturated carbocycles. The van der Waals surface area contributed by atoms with Crippen LogP contribution in [-0.2, 0) is 4.79 Å². The summed E-state index contributed by atoms with van der Waals surface area (Å²) in [6.07, 6.45) is 6.10. The molecule has 0 aromatic carbocycles. The molecule has 1 N–H and O–H groups in total. The second-order valence-corrected chi connectivity index (χ2v) is 3.64. The molecule has 0 amide bonds. The molecule has 1 unspecified atom stereocenters. The Kier molecular flexibility index (Phi) is 2.03. The summed E-state index contributed by atoms with van der Waals surface area (Å²) >= 11 is 0. The molecule has 0 aromatic rings. The van der Waals surface area contributed by atoms with Crippen molar-refractivity contribution in [3.63, 3.8) is 0 Å². The Hall–Kier alpha value is -0.790. The molecule has 62 valence electrons. The van der Waals surface area contributed by atoms with Crippen molar-refractivity contribution in [2.45, 2.75) is 26.7 Å². The fourth-order valence-corrected chi connectivity index (χ4v) is 1.39. The fraction of sp³-hybridized carbons (Fsp3) is 0.667. The zero-order valence-electron chi connectivity index (χ0n) is 7.00. The van der Waals surface area contributed by atoms with Gasteiger partial charge < -0.3 is 5.11 Å². The van der Waals surface area contributed by atoms with E-state index in [-0.39, 0.29) is 5.92 Å². The van der Waals surface area contributed by atoms with Gasteiger partial charge in [0.2, 0.25) is 0 Å². The predicted molar refractivity (Wildman–Crippen MR) is 43.3 cm³/mol. The first-order valence-corrected chi connectivity index (χ1v) is 3.95. The van der Waals surface area contributed by atoms with Crippen molar-refractivity contribution in [1.82, 2.24) is 0 Å². The minimum absolute atomic E-state index is 0.222. The zero-order chi connectivity index (χ0) is 8.48. The standard InChI is InChI=1S/C9H14O2/c1-9(2,8(10)11)7-5-3-4-6-7/h3,5,7H,4,6H2,1-2H3,(H,10,11). The molecule has 11 heavy (non-hydrogen) atoms. The van der Waals surface area contributed by atoms with Gasteiger partial charge in [0.05, 0.1) is 5.41 Å². The number of hydrogen-bond acceptors (Lipinski definition) is 1. The molecule has 1 atom stereocenters. The topological polar surface area (TPSA) is 37.3 Å². The van der Waals surface area contributed by atoms with Gasteiger partial charge in [-0.05, 0) is 32.6 Å². The van der Waals surface area contributed by atoms with Gasteiger partial charge >= 0.3 is 5.97 Å².